The van der Waals surface area contributed by atoms with Crippen LogP contribution in [-0.4, -0.2) is 4.98 Å². The van der Waals surface area contributed by atoms with Gasteiger partial charge in [-0.25, -0.2) is 10.8 Å². The first kappa shape index (κ1) is 13.4. The first-order valence-electron chi connectivity index (χ1n) is 6.33. The molecule has 0 fully saturated rings. The molecule has 1 aromatic carbocycles. The summed E-state index contributed by atoms with van der Waals surface area (Å²) in [7, 11) is 0. The average Bonchev–Trinajstić information content (AvgIpc) is 2.46. The van der Waals surface area contributed by atoms with Crippen LogP contribution >= 0.6 is 0 Å². The summed E-state index contributed by atoms with van der Waals surface area (Å²) in [5, 5.41) is 0. The number of hydrogen-bond donors (Lipinski definition) is 2. The van der Waals surface area contributed by atoms with Crippen molar-refractivity contribution in [2.75, 3.05) is 5.43 Å². The zero-order chi connectivity index (χ0) is 13.7. The summed E-state index contributed by atoms with van der Waals surface area (Å²) in [6.07, 6.45) is 1.70. The Morgan fingerprint density at radius 1 is 1.21 bits per heavy atom. The maximum atomic E-state index is 5.73. The van der Waals surface area contributed by atoms with Gasteiger partial charge < -0.3 is 10.2 Å². The predicted molar refractivity (Wildman–Crippen MR) is 76.9 cm³/mol. The van der Waals surface area contributed by atoms with Crippen LogP contribution in [0.1, 0.15) is 30.9 Å². The van der Waals surface area contributed by atoms with Crippen LogP contribution in [0.3, 0.4) is 0 Å². The fraction of sp³-hybridized carbons (Fsp3) is 0.267. The molecule has 0 saturated heterocycles. The maximum Gasteiger partial charge on any atom is 0.140 e. The second-order valence-corrected chi connectivity index (χ2v) is 4.71. The van der Waals surface area contributed by atoms with Crippen LogP contribution in [0.25, 0.3) is 0 Å². The smallest absolute Gasteiger partial charge is 0.140 e. The minimum atomic E-state index is 0.498. The van der Waals surface area contributed by atoms with E-state index in [1.165, 1.54) is 5.56 Å². The van der Waals surface area contributed by atoms with Crippen LogP contribution in [0.4, 0.5) is 5.82 Å². The molecule has 100 valence electrons. The largest absolute Gasteiger partial charge is 0.489 e. The van der Waals surface area contributed by atoms with Crippen molar-refractivity contribution in [3.8, 4) is 5.75 Å². The van der Waals surface area contributed by atoms with E-state index in [1.54, 1.807) is 6.20 Å². The van der Waals surface area contributed by atoms with Gasteiger partial charge in [-0.3, -0.25) is 0 Å². The van der Waals surface area contributed by atoms with Gasteiger partial charge in [-0.15, -0.1) is 0 Å². The third-order valence-electron chi connectivity index (χ3n) is 2.92. The van der Waals surface area contributed by atoms with Gasteiger partial charge in [0, 0.05) is 6.20 Å². The second-order valence-electron chi connectivity index (χ2n) is 4.71. The molecule has 0 spiro atoms. The number of benzene rings is 1. The molecule has 0 bridgehead atoms. The monoisotopic (exact) mass is 257 g/mol. The van der Waals surface area contributed by atoms with Crippen molar-refractivity contribution < 1.29 is 4.74 Å². The van der Waals surface area contributed by atoms with E-state index in [-0.39, 0.29) is 0 Å². The lowest BCUT2D eigenvalue weighted by Gasteiger charge is -2.09. The van der Waals surface area contributed by atoms with Crippen molar-refractivity contribution in [2.45, 2.75) is 26.4 Å². The van der Waals surface area contributed by atoms with Crippen LogP contribution in [0.15, 0.2) is 42.6 Å². The standard InChI is InChI=1S/C15H19N3O/c1-11(2)13-3-5-14(6-4-13)19-10-12-7-8-17-15(9-12)18-16/h3-9,11H,10,16H2,1-2H3,(H,17,18). The molecule has 4 nitrogen and oxygen atoms in total. The number of nitrogen functional groups attached to an aromatic ring is 1. The lowest BCUT2D eigenvalue weighted by molar-refractivity contribution is 0.306. The molecule has 0 radical (unpaired) electrons. The minimum Gasteiger partial charge on any atom is -0.489 e. The number of pyridine rings is 1. The fourth-order valence-electron chi connectivity index (χ4n) is 1.76. The van der Waals surface area contributed by atoms with Crippen LogP contribution in [-0.2, 0) is 6.61 Å². The number of nitrogens with two attached hydrogens (primary N) is 1. The molecule has 0 unspecified atom stereocenters. The summed E-state index contributed by atoms with van der Waals surface area (Å²) in [5.41, 5.74) is 4.85. The first-order chi connectivity index (χ1) is 9.19. The maximum absolute atomic E-state index is 5.73. The van der Waals surface area contributed by atoms with Crippen molar-refractivity contribution in [3.63, 3.8) is 0 Å². The average molecular weight is 257 g/mol. The van der Waals surface area contributed by atoms with Crippen molar-refractivity contribution in [3.05, 3.63) is 53.7 Å². The highest BCUT2D eigenvalue weighted by Crippen LogP contribution is 2.19. The van der Waals surface area contributed by atoms with Crippen molar-refractivity contribution >= 4 is 5.82 Å². The topological polar surface area (TPSA) is 60.2 Å². The molecule has 0 atom stereocenters. The second kappa shape index (κ2) is 6.20. The molecule has 0 aliphatic heterocycles. The van der Waals surface area contributed by atoms with Gasteiger partial charge in [0.2, 0.25) is 0 Å². The Balaban J connectivity index is 1.98. The molecule has 1 aromatic heterocycles. The van der Waals surface area contributed by atoms with E-state index >= 15 is 0 Å². The van der Waals surface area contributed by atoms with E-state index in [0.29, 0.717) is 18.3 Å². The Labute approximate surface area is 113 Å². The summed E-state index contributed by atoms with van der Waals surface area (Å²) in [6.45, 7) is 4.85. The number of anilines is 1. The molecule has 0 aliphatic carbocycles. The van der Waals surface area contributed by atoms with Crippen molar-refractivity contribution in [1.82, 2.24) is 4.98 Å². The molecular weight excluding hydrogens is 238 g/mol. The van der Waals surface area contributed by atoms with E-state index in [2.05, 4.69) is 36.4 Å². The Kier molecular flexibility index (Phi) is 4.36. The molecule has 2 rings (SSSR count). The quantitative estimate of drug-likeness (QED) is 0.638. The lowest BCUT2D eigenvalue weighted by Crippen LogP contribution is -2.09. The predicted octanol–water partition coefficient (Wildman–Crippen LogP) is 3.07. The molecule has 19 heavy (non-hydrogen) atoms. The molecule has 2 aromatic rings. The van der Waals surface area contributed by atoms with Crippen LogP contribution < -0.4 is 16.0 Å². The molecule has 1 heterocycles. The fourth-order valence-corrected chi connectivity index (χ4v) is 1.76. The van der Waals surface area contributed by atoms with E-state index in [4.69, 9.17) is 10.6 Å². The normalized spacial score (nSPS) is 10.5. The van der Waals surface area contributed by atoms with E-state index in [0.717, 1.165) is 11.3 Å². The molecule has 3 N–H and O–H groups in total. The highest BCUT2D eigenvalue weighted by atomic mass is 16.5. The van der Waals surface area contributed by atoms with Gasteiger partial charge in [0.1, 0.15) is 18.2 Å². The highest BCUT2D eigenvalue weighted by Gasteiger charge is 2.01. The van der Waals surface area contributed by atoms with Crippen molar-refractivity contribution in [1.29, 1.82) is 0 Å². The van der Waals surface area contributed by atoms with Gasteiger partial charge in [-0.1, -0.05) is 26.0 Å². The van der Waals surface area contributed by atoms with Crippen LogP contribution in [0.2, 0.25) is 0 Å². The van der Waals surface area contributed by atoms with Gasteiger partial charge in [0.25, 0.3) is 0 Å². The van der Waals surface area contributed by atoms with Gasteiger partial charge in [0.05, 0.1) is 0 Å². The summed E-state index contributed by atoms with van der Waals surface area (Å²) in [4.78, 5) is 4.05. The zero-order valence-corrected chi connectivity index (χ0v) is 11.3. The third kappa shape index (κ3) is 3.69. The number of nitrogens with one attached hydrogen (secondary N) is 1. The number of rotatable bonds is 5. The number of hydrazine groups is 1. The zero-order valence-electron chi connectivity index (χ0n) is 11.3. The Hall–Kier alpha value is -2.07. The Bertz CT molecular complexity index is 523. The summed E-state index contributed by atoms with van der Waals surface area (Å²) in [5.74, 6) is 7.35. The molecule has 0 amide bonds. The lowest BCUT2D eigenvalue weighted by atomic mass is 10.0. The molecule has 0 saturated carbocycles. The van der Waals surface area contributed by atoms with Gasteiger partial charge in [-0.2, -0.15) is 0 Å². The van der Waals surface area contributed by atoms with Gasteiger partial charge >= 0.3 is 0 Å². The Morgan fingerprint density at radius 3 is 2.58 bits per heavy atom. The minimum absolute atomic E-state index is 0.498. The van der Waals surface area contributed by atoms with Crippen molar-refractivity contribution in [2.24, 2.45) is 5.84 Å². The number of nitrogens with zero attached hydrogens (tertiary/aromatic N) is 1. The Morgan fingerprint density at radius 2 is 1.95 bits per heavy atom. The molecule has 0 aliphatic rings. The third-order valence-corrected chi connectivity index (χ3v) is 2.92. The number of hydrogen-bond acceptors (Lipinski definition) is 4. The SMILES string of the molecule is CC(C)c1ccc(OCc2ccnc(NN)c2)cc1. The summed E-state index contributed by atoms with van der Waals surface area (Å²) in [6, 6.07) is 12.0. The van der Waals surface area contributed by atoms with E-state index in [1.807, 2.05) is 24.3 Å². The first-order valence-corrected chi connectivity index (χ1v) is 6.33. The van der Waals surface area contributed by atoms with Crippen LogP contribution in [0, 0.1) is 0 Å². The van der Waals surface area contributed by atoms with E-state index < -0.39 is 0 Å². The summed E-state index contributed by atoms with van der Waals surface area (Å²) < 4.78 is 5.73. The van der Waals surface area contributed by atoms with Gasteiger partial charge in [0.15, 0.2) is 0 Å². The van der Waals surface area contributed by atoms with Crippen LogP contribution in [0.5, 0.6) is 5.75 Å². The summed E-state index contributed by atoms with van der Waals surface area (Å²) >= 11 is 0. The van der Waals surface area contributed by atoms with E-state index in [9.17, 15) is 0 Å². The number of aromatic nitrogens is 1. The molecule has 4 heteroatoms. The molecular formula is C15H19N3O. The number of ether oxygens (including phenoxy) is 1. The van der Waals surface area contributed by atoms with Gasteiger partial charge in [-0.05, 0) is 41.3 Å². The highest BCUT2D eigenvalue weighted by molar-refractivity contribution is 5.36.